The minimum atomic E-state index is -0.187. The van der Waals surface area contributed by atoms with Crippen LogP contribution in [-0.4, -0.2) is 18.8 Å². The summed E-state index contributed by atoms with van der Waals surface area (Å²) in [5.74, 6) is 1.10. The van der Waals surface area contributed by atoms with Crippen LogP contribution >= 0.6 is 35.0 Å². The van der Waals surface area contributed by atoms with E-state index in [1.807, 2.05) is 30.3 Å². The fraction of sp³-hybridized carbons (Fsp3) is 0.188. The van der Waals surface area contributed by atoms with Gasteiger partial charge in [0.15, 0.2) is 0 Å². The van der Waals surface area contributed by atoms with Crippen molar-refractivity contribution in [2.75, 3.05) is 17.8 Å². The van der Waals surface area contributed by atoms with E-state index < -0.39 is 0 Å². The fourth-order valence-corrected chi connectivity index (χ4v) is 4.23. The maximum atomic E-state index is 12.4. The highest BCUT2D eigenvalue weighted by molar-refractivity contribution is 8.00. The van der Waals surface area contributed by atoms with Gasteiger partial charge in [-0.3, -0.25) is 9.69 Å². The molecule has 1 atom stereocenters. The lowest BCUT2D eigenvalue weighted by Crippen LogP contribution is -2.28. The summed E-state index contributed by atoms with van der Waals surface area (Å²) in [6.45, 7) is 0. The van der Waals surface area contributed by atoms with E-state index in [1.54, 1.807) is 24.1 Å². The molecule has 0 radical (unpaired) electrons. The summed E-state index contributed by atoms with van der Waals surface area (Å²) >= 11 is 13.8. The second-order valence-electron chi connectivity index (χ2n) is 4.76. The van der Waals surface area contributed by atoms with E-state index in [4.69, 9.17) is 27.9 Å². The van der Waals surface area contributed by atoms with Crippen LogP contribution in [0.3, 0.4) is 0 Å². The number of methoxy groups -OCH3 is 1. The Balaban J connectivity index is 2.06. The second-order valence-corrected chi connectivity index (χ2v) is 6.68. The normalized spacial score (nSPS) is 17.9. The summed E-state index contributed by atoms with van der Waals surface area (Å²) in [6, 6.07) is 12.8. The maximum absolute atomic E-state index is 12.4. The molecule has 0 N–H and O–H groups in total. The Labute approximate surface area is 143 Å². The van der Waals surface area contributed by atoms with Gasteiger partial charge >= 0.3 is 0 Å². The van der Waals surface area contributed by atoms with Gasteiger partial charge in [0, 0.05) is 15.6 Å². The van der Waals surface area contributed by atoms with Crippen LogP contribution in [0.4, 0.5) is 5.69 Å². The second kappa shape index (κ2) is 6.41. The van der Waals surface area contributed by atoms with Crippen LogP contribution in [-0.2, 0) is 4.79 Å². The largest absolute Gasteiger partial charge is 0.495 e. The molecule has 2 aromatic carbocycles. The SMILES string of the molecule is COc1ccccc1N1C(=O)CSC1c1ccc(Cl)cc1Cl. The van der Waals surface area contributed by atoms with Crippen LogP contribution < -0.4 is 9.64 Å². The minimum Gasteiger partial charge on any atom is -0.495 e. The van der Waals surface area contributed by atoms with Gasteiger partial charge in [0.05, 0.1) is 18.6 Å². The summed E-state index contributed by atoms with van der Waals surface area (Å²) in [7, 11) is 1.59. The van der Waals surface area contributed by atoms with Crippen molar-refractivity contribution in [2.24, 2.45) is 0 Å². The smallest absolute Gasteiger partial charge is 0.238 e. The molecule has 1 aliphatic rings. The lowest BCUT2D eigenvalue weighted by molar-refractivity contribution is -0.115. The zero-order valence-electron chi connectivity index (χ0n) is 11.8. The molecule has 2 aromatic rings. The van der Waals surface area contributed by atoms with E-state index in [2.05, 4.69) is 0 Å². The van der Waals surface area contributed by atoms with Gasteiger partial charge in [0.1, 0.15) is 11.1 Å². The zero-order valence-corrected chi connectivity index (χ0v) is 14.1. The topological polar surface area (TPSA) is 29.5 Å². The van der Waals surface area contributed by atoms with Crippen LogP contribution in [0.1, 0.15) is 10.9 Å². The first kappa shape index (κ1) is 15.5. The summed E-state index contributed by atoms with van der Waals surface area (Å²) in [5, 5.41) is 0.945. The third kappa shape index (κ3) is 2.78. The molecule has 0 aromatic heterocycles. The third-order valence-electron chi connectivity index (χ3n) is 3.44. The first-order chi connectivity index (χ1) is 10.6. The van der Waals surface area contributed by atoms with Crippen molar-refractivity contribution in [3.8, 4) is 5.75 Å². The molecule has 1 aliphatic heterocycles. The first-order valence-corrected chi connectivity index (χ1v) is 8.44. The van der Waals surface area contributed by atoms with E-state index in [0.29, 0.717) is 21.5 Å². The number of thioether (sulfide) groups is 1. The van der Waals surface area contributed by atoms with Crippen molar-refractivity contribution in [3.05, 3.63) is 58.1 Å². The molecule has 1 fully saturated rings. The zero-order chi connectivity index (χ0) is 15.7. The number of rotatable bonds is 3. The Hall–Kier alpha value is -1.36. The van der Waals surface area contributed by atoms with E-state index in [0.717, 1.165) is 11.3 Å². The van der Waals surface area contributed by atoms with Gasteiger partial charge in [0.25, 0.3) is 0 Å². The van der Waals surface area contributed by atoms with E-state index in [-0.39, 0.29) is 11.3 Å². The van der Waals surface area contributed by atoms with Crippen molar-refractivity contribution in [1.29, 1.82) is 0 Å². The van der Waals surface area contributed by atoms with Gasteiger partial charge in [-0.05, 0) is 24.3 Å². The Kier molecular flexibility index (Phi) is 4.52. The molecule has 0 aliphatic carbocycles. The molecule has 1 unspecified atom stereocenters. The molecule has 0 saturated carbocycles. The van der Waals surface area contributed by atoms with Gasteiger partial charge in [0.2, 0.25) is 5.91 Å². The number of hydrogen-bond acceptors (Lipinski definition) is 3. The van der Waals surface area contributed by atoms with Gasteiger partial charge in [-0.15, -0.1) is 11.8 Å². The van der Waals surface area contributed by atoms with Crippen molar-refractivity contribution in [1.82, 2.24) is 0 Å². The Morgan fingerprint density at radius 3 is 2.73 bits per heavy atom. The van der Waals surface area contributed by atoms with Gasteiger partial charge in [-0.2, -0.15) is 0 Å². The fourth-order valence-electron chi connectivity index (χ4n) is 2.45. The highest BCUT2D eigenvalue weighted by atomic mass is 35.5. The summed E-state index contributed by atoms with van der Waals surface area (Å²) in [6.07, 6.45) is 0. The maximum Gasteiger partial charge on any atom is 0.238 e. The Bertz CT molecular complexity index is 723. The van der Waals surface area contributed by atoms with Crippen LogP contribution in [0.2, 0.25) is 10.0 Å². The number of para-hydroxylation sites is 2. The number of amides is 1. The quantitative estimate of drug-likeness (QED) is 0.794. The summed E-state index contributed by atoms with van der Waals surface area (Å²) in [5.41, 5.74) is 1.61. The van der Waals surface area contributed by atoms with Gasteiger partial charge in [-0.25, -0.2) is 0 Å². The van der Waals surface area contributed by atoms with Crippen molar-refractivity contribution < 1.29 is 9.53 Å². The number of hydrogen-bond donors (Lipinski definition) is 0. The number of carbonyl (C=O) groups is 1. The standard InChI is InChI=1S/C16H13Cl2NO2S/c1-21-14-5-3-2-4-13(14)19-15(20)9-22-16(19)11-7-6-10(17)8-12(11)18/h2-8,16H,9H2,1H3. The van der Waals surface area contributed by atoms with Crippen LogP contribution in [0.25, 0.3) is 0 Å². The van der Waals surface area contributed by atoms with Gasteiger partial charge in [-0.1, -0.05) is 41.4 Å². The number of carbonyl (C=O) groups excluding carboxylic acids is 1. The van der Waals surface area contributed by atoms with E-state index in [1.165, 1.54) is 11.8 Å². The van der Waals surface area contributed by atoms with Crippen LogP contribution in [0.5, 0.6) is 5.75 Å². The van der Waals surface area contributed by atoms with E-state index in [9.17, 15) is 4.79 Å². The number of nitrogens with zero attached hydrogens (tertiary/aromatic N) is 1. The molecule has 3 nitrogen and oxygen atoms in total. The molecule has 0 bridgehead atoms. The predicted molar refractivity (Wildman–Crippen MR) is 92.1 cm³/mol. The average molecular weight is 354 g/mol. The number of anilines is 1. The van der Waals surface area contributed by atoms with Crippen molar-refractivity contribution >= 4 is 46.6 Å². The Morgan fingerprint density at radius 1 is 1.23 bits per heavy atom. The van der Waals surface area contributed by atoms with Crippen LogP contribution in [0.15, 0.2) is 42.5 Å². The number of ether oxygens (including phenoxy) is 1. The highest BCUT2D eigenvalue weighted by Gasteiger charge is 2.36. The molecule has 3 rings (SSSR count). The van der Waals surface area contributed by atoms with Gasteiger partial charge < -0.3 is 4.74 Å². The molecular weight excluding hydrogens is 341 g/mol. The molecule has 1 saturated heterocycles. The average Bonchev–Trinajstić information content (AvgIpc) is 2.88. The summed E-state index contributed by atoms with van der Waals surface area (Å²) < 4.78 is 5.38. The van der Waals surface area contributed by atoms with E-state index >= 15 is 0 Å². The lowest BCUT2D eigenvalue weighted by atomic mass is 10.1. The third-order valence-corrected chi connectivity index (χ3v) is 5.20. The lowest BCUT2D eigenvalue weighted by Gasteiger charge is -2.26. The number of halogens is 2. The number of benzene rings is 2. The summed E-state index contributed by atoms with van der Waals surface area (Å²) in [4.78, 5) is 14.1. The predicted octanol–water partition coefficient (Wildman–Crippen LogP) is 4.78. The first-order valence-electron chi connectivity index (χ1n) is 6.63. The molecule has 114 valence electrons. The molecule has 22 heavy (non-hydrogen) atoms. The molecule has 1 amide bonds. The highest BCUT2D eigenvalue weighted by Crippen LogP contribution is 2.46. The Morgan fingerprint density at radius 2 is 2.00 bits per heavy atom. The van der Waals surface area contributed by atoms with Crippen LogP contribution in [0, 0.1) is 0 Å². The molecular formula is C16H13Cl2NO2S. The monoisotopic (exact) mass is 353 g/mol. The molecule has 6 heteroatoms. The molecule has 1 heterocycles. The molecule has 0 spiro atoms. The van der Waals surface area contributed by atoms with Crippen molar-refractivity contribution in [2.45, 2.75) is 5.37 Å². The van der Waals surface area contributed by atoms with Crippen molar-refractivity contribution in [3.63, 3.8) is 0 Å². The minimum absolute atomic E-state index is 0.0329.